The normalized spacial score (nSPS) is 26.6. The third-order valence-electron chi connectivity index (χ3n) is 3.19. The summed E-state index contributed by atoms with van der Waals surface area (Å²) in [5.41, 5.74) is 6.84. The van der Waals surface area contributed by atoms with Gasteiger partial charge in [0.25, 0.3) is 0 Å². The van der Waals surface area contributed by atoms with Gasteiger partial charge in [-0.3, -0.25) is 4.57 Å². The molecule has 1 saturated heterocycles. The van der Waals surface area contributed by atoms with E-state index >= 15 is 0 Å². The van der Waals surface area contributed by atoms with E-state index in [2.05, 4.69) is 26.8 Å². The fourth-order valence-corrected chi connectivity index (χ4v) is 2.61. The van der Waals surface area contributed by atoms with E-state index < -0.39 is 12.2 Å². The van der Waals surface area contributed by atoms with Crippen molar-refractivity contribution >= 4 is 36.4 Å². The van der Waals surface area contributed by atoms with Gasteiger partial charge in [0.15, 0.2) is 11.5 Å². The third-order valence-corrected chi connectivity index (χ3v) is 3.76. The zero-order valence-electron chi connectivity index (χ0n) is 10.3. The van der Waals surface area contributed by atoms with Crippen molar-refractivity contribution in [3.63, 3.8) is 0 Å². The van der Waals surface area contributed by atoms with Crippen LogP contribution in [-0.4, -0.2) is 43.4 Å². The van der Waals surface area contributed by atoms with Gasteiger partial charge in [0.05, 0.1) is 19.0 Å². The van der Waals surface area contributed by atoms with Crippen LogP contribution in [0.5, 0.6) is 0 Å². The molecular formula is C10H12N5O3PS. The standard InChI is InChI=1S/C10H12N5O3PS/c11-9-8-10(13-3-12-9)15(4-14-8)7-1-5(16)6(18-7)2-17-19-20/h3-7,16H,1-2H2,(H2,11,12,13)/t5-,6+,7+/m0/s1. The van der Waals surface area contributed by atoms with Crippen LogP contribution in [0, 0.1) is 0 Å². The van der Waals surface area contributed by atoms with E-state index in [1.807, 2.05) is 0 Å². The van der Waals surface area contributed by atoms with Crippen LogP contribution < -0.4 is 5.73 Å². The molecule has 0 unspecified atom stereocenters. The summed E-state index contributed by atoms with van der Waals surface area (Å²) in [6.07, 6.45) is 2.00. The molecule has 1 aliphatic heterocycles. The number of hydrogen-bond donors (Lipinski definition) is 2. The Labute approximate surface area is 120 Å². The molecule has 0 aromatic carbocycles. The highest BCUT2D eigenvalue weighted by atomic mass is 32.4. The maximum absolute atomic E-state index is 9.98. The Morgan fingerprint density at radius 3 is 3.20 bits per heavy atom. The van der Waals surface area contributed by atoms with E-state index in [1.165, 1.54) is 6.33 Å². The first-order valence-electron chi connectivity index (χ1n) is 5.92. The zero-order chi connectivity index (χ0) is 14.1. The molecule has 0 saturated carbocycles. The fraction of sp³-hybridized carbons (Fsp3) is 0.500. The summed E-state index contributed by atoms with van der Waals surface area (Å²) in [6, 6.07) is 0. The number of nitrogens with zero attached hydrogens (tertiary/aromatic N) is 4. The lowest BCUT2D eigenvalue weighted by Gasteiger charge is -2.14. The predicted octanol–water partition coefficient (Wildman–Crippen LogP) is 0.397. The average Bonchev–Trinajstić information content (AvgIpc) is 3.01. The van der Waals surface area contributed by atoms with E-state index in [-0.39, 0.29) is 12.8 Å². The molecule has 3 heterocycles. The molecule has 3 rings (SSSR count). The summed E-state index contributed by atoms with van der Waals surface area (Å²) in [7, 11) is 0.394. The smallest absolute Gasteiger partial charge is 0.167 e. The van der Waals surface area contributed by atoms with E-state index in [0.29, 0.717) is 31.0 Å². The van der Waals surface area contributed by atoms with Gasteiger partial charge in [0.1, 0.15) is 31.8 Å². The molecule has 0 spiro atoms. The maximum atomic E-state index is 9.98. The molecule has 10 heteroatoms. The lowest BCUT2D eigenvalue weighted by atomic mass is 10.2. The van der Waals surface area contributed by atoms with E-state index in [1.54, 1.807) is 10.9 Å². The second-order valence-corrected chi connectivity index (χ2v) is 5.24. The lowest BCUT2D eigenvalue weighted by Crippen LogP contribution is -2.24. The number of rotatable bonds is 4. The van der Waals surface area contributed by atoms with E-state index in [4.69, 9.17) is 15.0 Å². The first kappa shape index (κ1) is 13.7. The summed E-state index contributed by atoms with van der Waals surface area (Å²) in [4.78, 5) is 12.2. The van der Waals surface area contributed by atoms with Gasteiger partial charge in [-0.05, 0) is 11.8 Å². The summed E-state index contributed by atoms with van der Waals surface area (Å²) < 4.78 is 12.6. The lowest BCUT2D eigenvalue weighted by molar-refractivity contribution is -0.0354. The van der Waals surface area contributed by atoms with Crippen molar-refractivity contribution in [2.24, 2.45) is 0 Å². The highest BCUT2D eigenvalue weighted by Gasteiger charge is 2.36. The molecule has 106 valence electrons. The SMILES string of the molecule is Nc1ncnc2c1ncn2[C@H]1C[C@H](O)[C@@H](COP=S)O1. The van der Waals surface area contributed by atoms with Crippen LogP contribution in [0.25, 0.3) is 11.2 Å². The second-order valence-electron chi connectivity index (χ2n) is 4.39. The van der Waals surface area contributed by atoms with Gasteiger partial charge in [0, 0.05) is 6.42 Å². The van der Waals surface area contributed by atoms with Gasteiger partial charge in [-0.15, -0.1) is 0 Å². The highest BCUT2D eigenvalue weighted by molar-refractivity contribution is 7.94. The Bertz CT molecular complexity index is 638. The number of nitrogen functional groups attached to an aromatic ring is 1. The van der Waals surface area contributed by atoms with Crippen LogP contribution in [0.3, 0.4) is 0 Å². The number of fused-ring (bicyclic) bond motifs is 1. The van der Waals surface area contributed by atoms with Crippen LogP contribution in [0.1, 0.15) is 12.6 Å². The molecular weight excluding hydrogens is 301 g/mol. The van der Waals surface area contributed by atoms with Crippen LogP contribution >= 0.6 is 7.58 Å². The molecule has 2 aromatic heterocycles. The predicted molar refractivity (Wildman–Crippen MR) is 74.5 cm³/mol. The van der Waals surface area contributed by atoms with Crippen LogP contribution in [0.4, 0.5) is 5.82 Å². The van der Waals surface area contributed by atoms with Gasteiger partial charge in [-0.1, -0.05) is 0 Å². The number of imidazole rings is 1. The maximum Gasteiger partial charge on any atom is 0.167 e. The highest BCUT2D eigenvalue weighted by Crippen LogP contribution is 2.31. The fourth-order valence-electron chi connectivity index (χ4n) is 2.22. The number of anilines is 1. The molecule has 0 bridgehead atoms. The van der Waals surface area contributed by atoms with Crippen LogP contribution in [-0.2, 0) is 21.1 Å². The number of ether oxygens (including phenoxy) is 1. The summed E-state index contributed by atoms with van der Waals surface area (Å²) in [5.74, 6) is 0.317. The Morgan fingerprint density at radius 1 is 1.55 bits per heavy atom. The Morgan fingerprint density at radius 2 is 2.40 bits per heavy atom. The minimum absolute atomic E-state index is 0.256. The van der Waals surface area contributed by atoms with Gasteiger partial charge < -0.3 is 20.1 Å². The first-order chi connectivity index (χ1) is 9.70. The van der Waals surface area contributed by atoms with Crippen molar-refractivity contribution in [1.29, 1.82) is 0 Å². The molecule has 1 fully saturated rings. The Hall–Kier alpha value is -1.25. The minimum atomic E-state index is -0.617. The van der Waals surface area contributed by atoms with Crippen molar-refractivity contribution in [2.75, 3.05) is 12.3 Å². The van der Waals surface area contributed by atoms with Crippen molar-refractivity contribution in [3.05, 3.63) is 12.7 Å². The number of aliphatic hydroxyl groups is 1. The summed E-state index contributed by atoms with van der Waals surface area (Å²) in [6.45, 7) is 0.256. The minimum Gasteiger partial charge on any atom is -0.390 e. The monoisotopic (exact) mass is 313 g/mol. The molecule has 2 aromatic rings. The van der Waals surface area contributed by atoms with Gasteiger partial charge in [-0.2, -0.15) is 0 Å². The third kappa shape index (κ3) is 2.38. The summed E-state index contributed by atoms with van der Waals surface area (Å²) in [5, 5.41) is 9.98. The second kappa shape index (κ2) is 5.63. The topological polar surface area (TPSA) is 108 Å². The average molecular weight is 313 g/mol. The van der Waals surface area contributed by atoms with Gasteiger partial charge in [0.2, 0.25) is 0 Å². The van der Waals surface area contributed by atoms with Crippen LogP contribution in [0.2, 0.25) is 0 Å². The molecule has 3 N–H and O–H groups in total. The van der Waals surface area contributed by atoms with Gasteiger partial charge in [-0.25, -0.2) is 15.0 Å². The zero-order valence-corrected chi connectivity index (χ0v) is 12.0. The molecule has 8 nitrogen and oxygen atoms in total. The van der Waals surface area contributed by atoms with E-state index in [9.17, 15) is 5.11 Å². The van der Waals surface area contributed by atoms with Crippen LogP contribution in [0.15, 0.2) is 12.7 Å². The molecule has 0 radical (unpaired) electrons. The van der Waals surface area contributed by atoms with Crippen molar-refractivity contribution in [1.82, 2.24) is 19.5 Å². The quantitative estimate of drug-likeness (QED) is 0.781. The van der Waals surface area contributed by atoms with Crippen molar-refractivity contribution < 1.29 is 14.4 Å². The summed E-state index contributed by atoms with van der Waals surface area (Å²) >= 11 is 4.68. The molecule has 0 aliphatic carbocycles. The number of nitrogens with two attached hydrogens (primary N) is 1. The first-order valence-corrected chi connectivity index (χ1v) is 7.74. The van der Waals surface area contributed by atoms with Gasteiger partial charge >= 0.3 is 0 Å². The Balaban J connectivity index is 1.85. The number of aliphatic hydroxyl groups excluding tert-OH is 1. The van der Waals surface area contributed by atoms with Crippen molar-refractivity contribution in [3.8, 4) is 0 Å². The Kier molecular flexibility index (Phi) is 3.86. The number of aromatic nitrogens is 4. The molecule has 3 atom stereocenters. The van der Waals surface area contributed by atoms with E-state index in [0.717, 1.165) is 0 Å². The number of hydrogen-bond acceptors (Lipinski definition) is 8. The van der Waals surface area contributed by atoms with Crippen molar-refractivity contribution in [2.45, 2.75) is 24.9 Å². The molecule has 0 amide bonds. The molecule has 1 aliphatic rings. The molecule has 20 heavy (non-hydrogen) atoms. The largest absolute Gasteiger partial charge is 0.390 e.